The summed E-state index contributed by atoms with van der Waals surface area (Å²) in [6.07, 6.45) is 2.47. The monoisotopic (exact) mass is 318 g/mol. The van der Waals surface area contributed by atoms with Gasteiger partial charge in [-0.15, -0.1) is 21.5 Å². The van der Waals surface area contributed by atoms with Crippen LogP contribution < -0.4 is 0 Å². The first kappa shape index (κ1) is 13.1. The van der Waals surface area contributed by atoms with Gasteiger partial charge in [0.05, 0.1) is 10.6 Å². The SMILES string of the molecule is Cc1nnc(SCc2cc(-c3cccs3)on2)n1C1CC1. The Balaban J connectivity index is 1.48. The van der Waals surface area contributed by atoms with E-state index in [-0.39, 0.29) is 0 Å². The van der Waals surface area contributed by atoms with Crippen molar-refractivity contribution in [3.8, 4) is 10.6 Å². The number of thioether (sulfide) groups is 1. The molecule has 4 rings (SSSR count). The molecule has 0 spiro atoms. The average molecular weight is 318 g/mol. The lowest BCUT2D eigenvalue weighted by Crippen LogP contribution is -1.99. The highest BCUT2D eigenvalue weighted by molar-refractivity contribution is 7.98. The summed E-state index contributed by atoms with van der Waals surface area (Å²) in [5.74, 6) is 2.58. The molecule has 1 aliphatic carbocycles. The number of rotatable bonds is 5. The van der Waals surface area contributed by atoms with Crippen LogP contribution in [0.3, 0.4) is 0 Å². The smallest absolute Gasteiger partial charge is 0.191 e. The van der Waals surface area contributed by atoms with Crippen molar-refractivity contribution in [2.45, 2.75) is 36.7 Å². The summed E-state index contributed by atoms with van der Waals surface area (Å²) in [5.41, 5.74) is 0.936. The van der Waals surface area contributed by atoms with Crippen molar-refractivity contribution in [1.29, 1.82) is 0 Å². The van der Waals surface area contributed by atoms with Crippen LogP contribution in [0.4, 0.5) is 0 Å². The van der Waals surface area contributed by atoms with Crippen molar-refractivity contribution in [3.05, 3.63) is 35.1 Å². The van der Waals surface area contributed by atoms with Gasteiger partial charge in [-0.3, -0.25) is 0 Å². The fourth-order valence-corrected chi connectivity index (χ4v) is 3.86. The lowest BCUT2D eigenvalue weighted by Gasteiger charge is -2.04. The number of thiophene rings is 1. The molecule has 0 bridgehead atoms. The minimum absolute atomic E-state index is 0.599. The predicted octanol–water partition coefficient (Wildman–Crippen LogP) is 3.93. The number of aryl methyl sites for hydroxylation is 1. The van der Waals surface area contributed by atoms with Crippen LogP contribution >= 0.6 is 23.1 Å². The van der Waals surface area contributed by atoms with Gasteiger partial charge in [-0.2, -0.15) is 0 Å². The molecule has 3 aromatic rings. The van der Waals surface area contributed by atoms with Crippen LogP contribution in [-0.2, 0) is 5.75 Å². The molecule has 0 amide bonds. The van der Waals surface area contributed by atoms with Crippen LogP contribution in [-0.4, -0.2) is 19.9 Å². The quantitative estimate of drug-likeness (QED) is 0.667. The van der Waals surface area contributed by atoms with Crippen LogP contribution in [0, 0.1) is 6.92 Å². The van der Waals surface area contributed by atoms with Crippen molar-refractivity contribution in [2.24, 2.45) is 0 Å². The lowest BCUT2D eigenvalue weighted by atomic mass is 10.3. The Morgan fingerprint density at radius 1 is 1.43 bits per heavy atom. The van der Waals surface area contributed by atoms with Crippen molar-refractivity contribution < 1.29 is 4.52 Å². The van der Waals surface area contributed by atoms with E-state index in [1.807, 2.05) is 30.5 Å². The zero-order chi connectivity index (χ0) is 14.2. The normalized spacial score (nSPS) is 14.7. The Labute approximate surface area is 130 Å². The molecule has 0 aromatic carbocycles. The number of hydrogen-bond acceptors (Lipinski definition) is 6. The van der Waals surface area contributed by atoms with E-state index in [4.69, 9.17) is 4.52 Å². The molecule has 3 aromatic heterocycles. The molecule has 0 unspecified atom stereocenters. The topological polar surface area (TPSA) is 56.7 Å². The molecule has 3 heterocycles. The number of nitrogens with zero attached hydrogens (tertiary/aromatic N) is 4. The van der Waals surface area contributed by atoms with Crippen molar-refractivity contribution in [1.82, 2.24) is 19.9 Å². The predicted molar refractivity (Wildman–Crippen MR) is 82.4 cm³/mol. The van der Waals surface area contributed by atoms with E-state index in [0.717, 1.165) is 33.1 Å². The Kier molecular flexibility index (Phi) is 3.31. The maximum Gasteiger partial charge on any atom is 0.191 e. The second-order valence-electron chi connectivity index (χ2n) is 5.08. The first-order valence-corrected chi connectivity index (χ1v) is 8.71. The van der Waals surface area contributed by atoms with E-state index in [2.05, 4.69) is 19.9 Å². The third kappa shape index (κ3) is 2.63. The molecule has 0 N–H and O–H groups in total. The first-order chi connectivity index (χ1) is 10.3. The van der Waals surface area contributed by atoms with Gasteiger partial charge >= 0.3 is 0 Å². The van der Waals surface area contributed by atoms with Crippen LogP contribution in [0.25, 0.3) is 10.6 Å². The van der Waals surface area contributed by atoms with Crippen LogP contribution in [0.5, 0.6) is 0 Å². The van der Waals surface area contributed by atoms with Gasteiger partial charge in [-0.25, -0.2) is 0 Å². The number of aromatic nitrogens is 4. The zero-order valence-electron chi connectivity index (χ0n) is 11.5. The lowest BCUT2D eigenvalue weighted by molar-refractivity contribution is 0.427. The summed E-state index contributed by atoms with van der Waals surface area (Å²) in [6.45, 7) is 2.01. The third-order valence-electron chi connectivity index (χ3n) is 3.42. The third-order valence-corrected chi connectivity index (χ3v) is 5.28. The molecule has 1 saturated carbocycles. The van der Waals surface area contributed by atoms with E-state index < -0.39 is 0 Å². The molecule has 7 heteroatoms. The van der Waals surface area contributed by atoms with E-state index in [9.17, 15) is 0 Å². The highest BCUT2D eigenvalue weighted by Gasteiger charge is 2.28. The molecule has 0 saturated heterocycles. The molecule has 1 aliphatic rings. The molecule has 1 fully saturated rings. The van der Waals surface area contributed by atoms with Gasteiger partial charge in [0.15, 0.2) is 10.9 Å². The highest BCUT2D eigenvalue weighted by atomic mass is 32.2. The molecular weight excluding hydrogens is 304 g/mol. The standard InChI is InChI=1S/C14H14N4OS2/c1-9-15-16-14(18(9)11-4-5-11)21-8-10-7-12(19-17-10)13-3-2-6-20-13/h2-3,6-7,11H,4-5,8H2,1H3. The number of hydrogen-bond donors (Lipinski definition) is 0. The Bertz CT molecular complexity index is 743. The first-order valence-electron chi connectivity index (χ1n) is 6.85. The second kappa shape index (κ2) is 5.31. The fourth-order valence-electron chi connectivity index (χ4n) is 2.25. The summed E-state index contributed by atoms with van der Waals surface area (Å²) in [5, 5.41) is 15.6. The zero-order valence-corrected chi connectivity index (χ0v) is 13.2. The van der Waals surface area contributed by atoms with Gasteiger partial charge in [0.25, 0.3) is 0 Å². The molecule has 0 radical (unpaired) electrons. The summed E-state index contributed by atoms with van der Waals surface area (Å²) in [7, 11) is 0. The molecule has 21 heavy (non-hydrogen) atoms. The van der Waals surface area contributed by atoms with E-state index in [1.54, 1.807) is 23.1 Å². The van der Waals surface area contributed by atoms with E-state index in [0.29, 0.717) is 6.04 Å². The van der Waals surface area contributed by atoms with Gasteiger partial charge in [0, 0.05) is 17.9 Å². The van der Waals surface area contributed by atoms with Crippen LogP contribution in [0.2, 0.25) is 0 Å². The molecule has 0 atom stereocenters. The average Bonchev–Trinajstić information content (AvgIpc) is 2.94. The van der Waals surface area contributed by atoms with Gasteiger partial charge in [-0.05, 0) is 31.2 Å². The van der Waals surface area contributed by atoms with Crippen molar-refractivity contribution in [2.75, 3.05) is 0 Å². The summed E-state index contributed by atoms with van der Waals surface area (Å²) >= 11 is 3.32. The Morgan fingerprint density at radius 3 is 3.10 bits per heavy atom. The van der Waals surface area contributed by atoms with E-state index >= 15 is 0 Å². The molecule has 0 aliphatic heterocycles. The maximum absolute atomic E-state index is 5.40. The second-order valence-corrected chi connectivity index (χ2v) is 6.97. The van der Waals surface area contributed by atoms with Gasteiger partial charge < -0.3 is 9.09 Å². The van der Waals surface area contributed by atoms with Gasteiger partial charge in [0.2, 0.25) is 0 Å². The van der Waals surface area contributed by atoms with Crippen molar-refractivity contribution >= 4 is 23.1 Å². The minimum atomic E-state index is 0.599. The Hall–Kier alpha value is -1.60. The molecule has 108 valence electrons. The Morgan fingerprint density at radius 2 is 2.33 bits per heavy atom. The fraction of sp³-hybridized carbons (Fsp3) is 0.357. The maximum atomic E-state index is 5.40. The highest BCUT2D eigenvalue weighted by Crippen LogP contribution is 2.39. The van der Waals surface area contributed by atoms with Gasteiger partial charge in [-0.1, -0.05) is 23.0 Å². The summed E-state index contributed by atoms with van der Waals surface area (Å²) in [4.78, 5) is 1.11. The largest absolute Gasteiger partial charge is 0.355 e. The van der Waals surface area contributed by atoms with Gasteiger partial charge in [0.1, 0.15) is 5.82 Å². The minimum Gasteiger partial charge on any atom is -0.355 e. The summed E-state index contributed by atoms with van der Waals surface area (Å²) in [6, 6.07) is 6.65. The van der Waals surface area contributed by atoms with Crippen LogP contribution in [0.15, 0.2) is 33.3 Å². The van der Waals surface area contributed by atoms with E-state index in [1.165, 1.54) is 12.8 Å². The molecule has 5 nitrogen and oxygen atoms in total. The molecular formula is C14H14N4OS2. The summed E-state index contributed by atoms with van der Waals surface area (Å²) < 4.78 is 7.64. The van der Waals surface area contributed by atoms with Crippen LogP contribution in [0.1, 0.15) is 30.4 Å². The van der Waals surface area contributed by atoms with Crippen molar-refractivity contribution in [3.63, 3.8) is 0 Å².